The first kappa shape index (κ1) is 17.6. The first-order valence-corrected chi connectivity index (χ1v) is 8.19. The second-order valence-electron chi connectivity index (χ2n) is 8.22. The Morgan fingerprint density at radius 1 is 0.957 bits per heavy atom. The largest absolute Gasteiger partial charge is 0.507 e. The molecule has 0 unspecified atom stereocenters. The third kappa shape index (κ3) is 4.38. The third-order valence-corrected chi connectivity index (χ3v) is 3.99. The minimum atomic E-state index is -0.0961. The van der Waals surface area contributed by atoms with Crippen LogP contribution in [0.5, 0.6) is 5.75 Å². The highest BCUT2D eigenvalue weighted by Crippen LogP contribution is 2.39. The normalized spacial score (nSPS) is 12.6. The van der Waals surface area contributed by atoms with Crippen molar-refractivity contribution in [2.24, 2.45) is 0 Å². The molecule has 1 aromatic heterocycles. The van der Waals surface area contributed by atoms with Crippen LogP contribution < -0.4 is 5.32 Å². The summed E-state index contributed by atoms with van der Waals surface area (Å²) < 4.78 is 5.34. The maximum Gasteiger partial charge on any atom is 0.123 e. The molecule has 1 aromatic carbocycles. The van der Waals surface area contributed by atoms with Gasteiger partial charge in [0.15, 0.2) is 0 Å². The van der Waals surface area contributed by atoms with Crippen LogP contribution in [-0.4, -0.2) is 5.11 Å². The summed E-state index contributed by atoms with van der Waals surface area (Å²) in [6.07, 6.45) is 1.69. The van der Waals surface area contributed by atoms with Crippen molar-refractivity contribution >= 4 is 0 Å². The van der Waals surface area contributed by atoms with Crippen molar-refractivity contribution in [2.75, 3.05) is 0 Å². The highest BCUT2D eigenvalue weighted by molar-refractivity contribution is 5.49. The van der Waals surface area contributed by atoms with E-state index in [2.05, 4.69) is 59.0 Å². The Morgan fingerprint density at radius 2 is 1.52 bits per heavy atom. The van der Waals surface area contributed by atoms with Gasteiger partial charge in [-0.15, -0.1) is 0 Å². The maximum atomic E-state index is 10.7. The number of furan rings is 1. The van der Waals surface area contributed by atoms with Crippen LogP contribution in [-0.2, 0) is 23.9 Å². The number of nitrogens with one attached hydrogen (secondary N) is 1. The van der Waals surface area contributed by atoms with E-state index in [1.54, 1.807) is 6.26 Å². The minimum absolute atomic E-state index is 0.0961. The summed E-state index contributed by atoms with van der Waals surface area (Å²) in [4.78, 5) is 0. The van der Waals surface area contributed by atoms with Gasteiger partial charge in [0.1, 0.15) is 11.5 Å². The average Bonchev–Trinajstić information content (AvgIpc) is 2.91. The fraction of sp³-hybridized carbons (Fsp3) is 0.500. The van der Waals surface area contributed by atoms with Crippen LogP contribution in [0, 0.1) is 0 Å². The second-order valence-corrected chi connectivity index (χ2v) is 8.22. The fourth-order valence-corrected chi connectivity index (χ4v) is 2.68. The molecule has 0 saturated heterocycles. The number of hydrogen-bond donors (Lipinski definition) is 2. The minimum Gasteiger partial charge on any atom is -0.507 e. The third-order valence-electron chi connectivity index (χ3n) is 3.99. The smallest absolute Gasteiger partial charge is 0.123 e. The van der Waals surface area contributed by atoms with Crippen molar-refractivity contribution < 1.29 is 9.52 Å². The van der Waals surface area contributed by atoms with Gasteiger partial charge in [-0.2, -0.15) is 0 Å². The number of aromatic hydroxyl groups is 1. The van der Waals surface area contributed by atoms with Crippen molar-refractivity contribution in [1.82, 2.24) is 5.32 Å². The number of benzene rings is 1. The Labute approximate surface area is 139 Å². The van der Waals surface area contributed by atoms with E-state index < -0.39 is 0 Å². The Kier molecular flexibility index (Phi) is 4.90. The van der Waals surface area contributed by atoms with Crippen LogP contribution in [0.1, 0.15) is 64.0 Å². The Balaban J connectivity index is 2.28. The SMILES string of the molecule is CC(C)(C)c1cc(CNCc2ccco2)cc(C(C)(C)C)c1O. The number of hydrogen-bond acceptors (Lipinski definition) is 3. The highest BCUT2D eigenvalue weighted by atomic mass is 16.3. The van der Waals surface area contributed by atoms with Gasteiger partial charge in [-0.25, -0.2) is 0 Å². The molecule has 0 radical (unpaired) electrons. The van der Waals surface area contributed by atoms with Gasteiger partial charge in [0.2, 0.25) is 0 Å². The summed E-state index contributed by atoms with van der Waals surface area (Å²) >= 11 is 0. The zero-order chi connectivity index (χ0) is 17.3. The lowest BCUT2D eigenvalue weighted by molar-refractivity contribution is 0.422. The first-order valence-electron chi connectivity index (χ1n) is 8.19. The lowest BCUT2D eigenvalue weighted by atomic mass is 9.78. The highest BCUT2D eigenvalue weighted by Gasteiger charge is 2.26. The quantitative estimate of drug-likeness (QED) is 0.846. The molecule has 2 aromatic rings. The predicted molar refractivity (Wildman–Crippen MR) is 94.8 cm³/mol. The van der Waals surface area contributed by atoms with E-state index in [1.165, 1.54) is 5.56 Å². The van der Waals surface area contributed by atoms with Crippen LogP contribution >= 0.6 is 0 Å². The van der Waals surface area contributed by atoms with E-state index in [0.717, 1.165) is 23.4 Å². The Morgan fingerprint density at radius 3 is 1.96 bits per heavy atom. The van der Waals surface area contributed by atoms with E-state index in [0.29, 0.717) is 12.3 Å². The molecule has 0 fully saturated rings. The predicted octanol–water partition coefficient (Wildman–Crippen LogP) is 4.87. The van der Waals surface area contributed by atoms with E-state index in [-0.39, 0.29) is 10.8 Å². The van der Waals surface area contributed by atoms with E-state index in [1.807, 2.05) is 12.1 Å². The van der Waals surface area contributed by atoms with Crippen LogP contribution in [0.25, 0.3) is 0 Å². The lowest BCUT2D eigenvalue weighted by Crippen LogP contribution is -2.19. The van der Waals surface area contributed by atoms with Crippen LogP contribution in [0.15, 0.2) is 34.9 Å². The van der Waals surface area contributed by atoms with E-state index >= 15 is 0 Å². The molecular formula is C20H29NO2. The van der Waals surface area contributed by atoms with Crippen molar-refractivity contribution in [1.29, 1.82) is 0 Å². The number of phenols is 1. The molecule has 23 heavy (non-hydrogen) atoms. The molecule has 0 atom stereocenters. The molecule has 2 rings (SSSR count). The molecule has 0 saturated carbocycles. The van der Waals surface area contributed by atoms with Gasteiger partial charge in [-0.05, 0) is 39.7 Å². The molecule has 0 spiro atoms. The van der Waals surface area contributed by atoms with Gasteiger partial charge in [-0.1, -0.05) is 53.7 Å². The summed E-state index contributed by atoms with van der Waals surface area (Å²) in [5.41, 5.74) is 2.99. The van der Waals surface area contributed by atoms with Gasteiger partial charge in [0.05, 0.1) is 12.8 Å². The summed E-state index contributed by atoms with van der Waals surface area (Å²) in [7, 11) is 0. The maximum absolute atomic E-state index is 10.7. The standard InChI is InChI=1S/C20H29NO2/c1-19(2,3)16-10-14(11-17(18(16)22)20(4,5)6)12-21-13-15-8-7-9-23-15/h7-11,21-22H,12-13H2,1-6H3. The van der Waals surface area contributed by atoms with Gasteiger partial charge in [-0.3, -0.25) is 0 Å². The first-order chi connectivity index (χ1) is 10.6. The van der Waals surface area contributed by atoms with Gasteiger partial charge >= 0.3 is 0 Å². The molecular weight excluding hydrogens is 286 g/mol. The lowest BCUT2D eigenvalue weighted by Gasteiger charge is -2.28. The average molecular weight is 315 g/mol. The summed E-state index contributed by atoms with van der Waals surface area (Å²) in [5.74, 6) is 1.36. The molecule has 3 nitrogen and oxygen atoms in total. The van der Waals surface area contributed by atoms with Crippen LogP contribution in [0.2, 0.25) is 0 Å². The van der Waals surface area contributed by atoms with Crippen molar-refractivity contribution in [3.8, 4) is 5.75 Å². The molecule has 0 amide bonds. The molecule has 3 heteroatoms. The molecule has 1 heterocycles. The number of rotatable bonds is 4. The molecule has 0 bridgehead atoms. The monoisotopic (exact) mass is 315 g/mol. The van der Waals surface area contributed by atoms with Gasteiger partial charge in [0.25, 0.3) is 0 Å². The van der Waals surface area contributed by atoms with Gasteiger partial charge < -0.3 is 14.8 Å². The molecule has 0 aliphatic rings. The summed E-state index contributed by atoms with van der Waals surface area (Å²) in [6.45, 7) is 14.2. The molecule has 2 N–H and O–H groups in total. The van der Waals surface area contributed by atoms with E-state index in [4.69, 9.17) is 4.42 Å². The molecule has 0 aliphatic carbocycles. The van der Waals surface area contributed by atoms with E-state index in [9.17, 15) is 5.11 Å². The second kappa shape index (κ2) is 6.40. The Hall–Kier alpha value is -1.74. The summed E-state index contributed by atoms with van der Waals surface area (Å²) in [5, 5.41) is 14.1. The fourth-order valence-electron chi connectivity index (χ4n) is 2.68. The topological polar surface area (TPSA) is 45.4 Å². The Bertz CT molecular complexity index is 608. The molecule has 126 valence electrons. The van der Waals surface area contributed by atoms with Crippen molar-refractivity contribution in [3.05, 3.63) is 53.0 Å². The van der Waals surface area contributed by atoms with Crippen LogP contribution in [0.3, 0.4) is 0 Å². The molecule has 0 aliphatic heterocycles. The zero-order valence-electron chi connectivity index (χ0n) is 15.2. The summed E-state index contributed by atoms with van der Waals surface area (Å²) in [6, 6.07) is 8.08. The zero-order valence-corrected chi connectivity index (χ0v) is 15.2. The van der Waals surface area contributed by atoms with Crippen LogP contribution in [0.4, 0.5) is 0 Å². The van der Waals surface area contributed by atoms with Crippen molar-refractivity contribution in [2.45, 2.75) is 65.5 Å². The van der Waals surface area contributed by atoms with Crippen molar-refractivity contribution in [3.63, 3.8) is 0 Å². The van der Waals surface area contributed by atoms with Gasteiger partial charge in [0, 0.05) is 6.54 Å². The number of phenolic OH excluding ortho intramolecular Hbond substituents is 1.